The Morgan fingerprint density at radius 3 is 2.43 bits per heavy atom. The summed E-state index contributed by atoms with van der Waals surface area (Å²) >= 11 is 0. The minimum absolute atomic E-state index is 0.140. The summed E-state index contributed by atoms with van der Waals surface area (Å²) in [4.78, 5) is 30.3. The molecule has 2 aromatic carbocycles. The summed E-state index contributed by atoms with van der Waals surface area (Å²) in [5.41, 5.74) is 1.59. The van der Waals surface area contributed by atoms with Crippen molar-refractivity contribution in [3.05, 3.63) is 84.1 Å². The fourth-order valence-corrected chi connectivity index (χ4v) is 5.59. The maximum absolute atomic E-state index is 12.9. The van der Waals surface area contributed by atoms with Crippen molar-refractivity contribution in [2.75, 3.05) is 19.7 Å². The number of fused-ring (bicyclic) bond motifs is 1. The van der Waals surface area contributed by atoms with Crippen LogP contribution in [0.1, 0.15) is 33.6 Å². The Labute approximate surface area is 202 Å². The van der Waals surface area contributed by atoms with Gasteiger partial charge in [-0.3, -0.25) is 4.79 Å². The largest absolute Gasteiger partial charge is 0.463 e. The van der Waals surface area contributed by atoms with Gasteiger partial charge in [-0.2, -0.15) is 4.31 Å². The molecule has 1 saturated heterocycles. The van der Waals surface area contributed by atoms with Gasteiger partial charge in [0.1, 0.15) is 5.69 Å². The molecule has 0 saturated carbocycles. The lowest BCUT2D eigenvalue weighted by atomic mass is 10.1. The Morgan fingerprint density at radius 1 is 0.971 bits per heavy atom. The normalized spacial score (nSPS) is 14.3. The standard InChI is InChI=1S/C26H22N2O6S/c29-24(18-9-11-19(12-10-18)35(31,32)28-13-3-4-14-28)17-34-26(30)21-16-23(25-8-5-15-33-25)27-22-7-2-1-6-20(21)22/h1-2,5-12,15-16H,3-4,13-14,17H2. The molecule has 0 spiro atoms. The van der Waals surface area contributed by atoms with Crippen molar-refractivity contribution >= 4 is 32.7 Å². The molecule has 0 radical (unpaired) electrons. The number of nitrogens with zero attached hydrogens (tertiary/aromatic N) is 2. The molecule has 8 nitrogen and oxygen atoms in total. The number of sulfonamides is 1. The molecule has 0 bridgehead atoms. The van der Waals surface area contributed by atoms with Crippen LogP contribution in [0.15, 0.2) is 82.3 Å². The SMILES string of the molecule is O=C(COC(=O)c1cc(-c2ccco2)nc2ccccc12)c1ccc(S(=O)(=O)N2CCCC2)cc1. The third-order valence-electron chi connectivity index (χ3n) is 5.92. The van der Waals surface area contributed by atoms with Crippen LogP contribution in [-0.4, -0.2) is 49.2 Å². The molecule has 1 aliphatic heterocycles. The minimum Gasteiger partial charge on any atom is -0.463 e. The van der Waals surface area contributed by atoms with Crippen LogP contribution in [0.3, 0.4) is 0 Å². The smallest absolute Gasteiger partial charge is 0.339 e. The van der Waals surface area contributed by atoms with Gasteiger partial charge >= 0.3 is 5.97 Å². The molecule has 5 rings (SSSR count). The average molecular weight is 491 g/mol. The number of pyridine rings is 1. The highest BCUT2D eigenvalue weighted by atomic mass is 32.2. The molecule has 178 valence electrons. The second-order valence-electron chi connectivity index (χ2n) is 8.18. The van der Waals surface area contributed by atoms with Gasteiger partial charge < -0.3 is 9.15 Å². The first kappa shape index (κ1) is 22.9. The number of esters is 1. The molecular formula is C26H22N2O6S. The van der Waals surface area contributed by atoms with Crippen molar-refractivity contribution in [2.45, 2.75) is 17.7 Å². The van der Waals surface area contributed by atoms with Gasteiger partial charge in [0.2, 0.25) is 10.0 Å². The zero-order valence-corrected chi connectivity index (χ0v) is 19.5. The fourth-order valence-electron chi connectivity index (χ4n) is 4.08. The van der Waals surface area contributed by atoms with Crippen molar-refractivity contribution in [3.8, 4) is 11.5 Å². The lowest BCUT2D eigenvalue weighted by Gasteiger charge is -2.15. The molecule has 0 aliphatic carbocycles. The Kier molecular flexibility index (Phi) is 6.19. The van der Waals surface area contributed by atoms with Crippen molar-refractivity contribution < 1.29 is 27.2 Å². The zero-order chi connectivity index (χ0) is 24.4. The Balaban J connectivity index is 1.32. The molecule has 4 aromatic rings. The second-order valence-corrected chi connectivity index (χ2v) is 10.1. The van der Waals surface area contributed by atoms with E-state index >= 15 is 0 Å². The molecule has 0 atom stereocenters. The van der Waals surface area contributed by atoms with E-state index in [1.165, 1.54) is 34.8 Å². The topological polar surface area (TPSA) is 107 Å². The number of ketones is 1. The molecular weight excluding hydrogens is 468 g/mol. The zero-order valence-electron chi connectivity index (χ0n) is 18.7. The number of ether oxygens (including phenoxy) is 1. The van der Waals surface area contributed by atoms with Crippen LogP contribution in [0.25, 0.3) is 22.4 Å². The number of furan rings is 1. The van der Waals surface area contributed by atoms with Gasteiger partial charge in [-0.15, -0.1) is 0 Å². The predicted octanol–water partition coefficient (Wildman–Crippen LogP) is 4.32. The monoisotopic (exact) mass is 490 g/mol. The van der Waals surface area contributed by atoms with Crippen LogP contribution >= 0.6 is 0 Å². The number of rotatable bonds is 7. The highest BCUT2D eigenvalue weighted by Gasteiger charge is 2.27. The summed E-state index contributed by atoms with van der Waals surface area (Å²) in [5, 5.41) is 0.594. The van der Waals surface area contributed by atoms with Gasteiger partial charge in [0.15, 0.2) is 18.2 Å². The Bertz CT molecular complexity index is 1490. The Morgan fingerprint density at radius 2 is 1.71 bits per heavy atom. The van der Waals surface area contributed by atoms with Crippen molar-refractivity contribution in [2.24, 2.45) is 0 Å². The van der Waals surface area contributed by atoms with E-state index in [1.807, 2.05) is 6.07 Å². The minimum atomic E-state index is -3.56. The molecule has 9 heteroatoms. The van der Waals surface area contributed by atoms with E-state index in [1.54, 1.807) is 36.4 Å². The van der Waals surface area contributed by atoms with Gasteiger partial charge in [0.25, 0.3) is 0 Å². The third kappa shape index (κ3) is 4.60. The number of hydrogen-bond donors (Lipinski definition) is 0. The van der Waals surface area contributed by atoms with Crippen molar-refractivity contribution in [1.29, 1.82) is 0 Å². The molecule has 1 fully saturated rings. The van der Waals surface area contributed by atoms with Crippen LogP contribution in [0.5, 0.6) is 0 Å². The predicted molar refractivity (Wildman–Crippen MR) is 128 cm³/mol. The highest BCUT2D eigenvalue weighted by Crippen LogP contribution is 2.26. The fraction of sp³-hybridized carbons (Fsp3) is 0.192. The maximum atomic E-state index is 12.9. The Hall–Kier alpha value is -3.82. The van der Waals surface area contributed by atoms with E-state index in [0.29, 0.717) is 35.4 Å². The van der Waals surface area contributed by atoms with Crippen molar-refractivity contribution in [1.82, 2.24) is 9.29 Å². The summed E-state index contributed by atoms with van der Waals surface area (Å²) in [6, 6.07) is 17.9. The van der Waals surface area contributed by atoms with E-state index in [2.05, 4.69) is 4.98 Å². The number of hydrogen-bond acceptors (Lipinski definition) is 7. The van der Waals surface area contributed by atoms with E-state index in [-0.39, 0.29) is 16.0 Å². The summed E-state index contributed by atoms with van der Waals surface area (Å²) in [5.74, 6) is -0.601. The van der Waals surface area contributed by atoms with Crippen LogP contribution in [-0.2, 0) is 14.8 Å². The first-order valence-electron chi connectivity index (χ1n) is 11.2. The second kappa shape index (κ2) is 9.44. The van der Waals surface area contributed by atoms with Gasteiger partial charge in [-0.1, -0.05) is 18.2 Å². The number of carbonyl (C=O) groups is 2. The van der Waals surface area contributed by atoms with Crippen molar-refractivity contribution in [3.63, 3.8) is 0 Å². The number of carbonyl (C=O) groups excluding carboxylic acids is 2. The van der Waals surface area contributed by atoms with Crippen LogP contribution in [0.2, 0.25) is 0 Å². The molecule has 0 unspecified atom stereocenters. The lowest BCUT2D eigenvalue weighted by Crippen LogP contribution is -2.27. The van der Waals surface area contributed by atoms with E-state index < -0.39 is 28.4 Å². The number of para-hydroxylation sites is 1. The summed E-state index contributed by atoms with van der Waals surface area (Å²) in [6.45, 7) is 0.526. The lowest BCUT2D eigenvalue weighted by molar-refractivity contribution is 0.0476. The molecule has 3 heterocycles. The molecule has 0 N–H and O–H groups in total. The van der Waals surface area contributed by atoms with Gasteiger partial charge in [-0.25, -0.2) is 18.2 Å². The number of Topliss-reactive ketones (excluding diaryl/α,β-unsaturated/α-hetero) is 1. The van der Waals surface area contributed by atoms with E-state index in [4.69, 9.17) is 9.15 Å². The maximum Gasteiger partial charge on any atom is 0.339 e. The summed E-state index contributed by atoms with van der Waals surface area (Å²) in [7, 11) is -3.56. The molecule has 2 aromatic heterocycles. The molecule has 1 aliphatic rings. The van der Waals surface area contributed by atoms with Crippen LogP contribution < -0.4 is 0 Å². The quantitative estimate of drug-likeness (QED) is 0.280. The number of aromatic nitrogens is 1. The first-order chi connectivity index (χ1) is 16.9. The van der Waals surface area contributed by atoms with E-state index in [0.717, 1.165) is 12.8 Å². The summed E-state index contributed by atoms with van der Waals surface area (Å²) in [6.07, 6.45) is 3.21. The summed E-state index contributed by atoms with van der Waals surface area (Å²) < 4.78 is 37.5. The first-order valence-corrected chi connectivity index (χ1v) is 12.6. The van der Waals surface area contributed by atoms with E-state index in [9.17, 15) is 18.0 Å². The van der Waals surface area contributed by atoms with Gasteiger partial charge in [0, 0.05) is 24.0 Å². The third-order valence-corrected chi connectivity index (χ3v) is 7.84. The van der Waals surface area contributed by atoms with Crippen LogP contribution in [0.4, 0.5) is 0 Å². The van der Waals surface area contributed by atoms with Gasteiger partial charge in [0.05, 0.1) is 22.2 Å². The molecule has 0 amide bonds. The highest BCUT2D eigenvalue weighted by molar-refractivity contribution is 7.89. The van der Waals surface area contributed by atoms with Gasteiger partial charge in [-0.05, 0) is 61.4 Å². The molecule has 35 heavy (non-hydrogen) atoms. The van der Waals surface area contributed by atoms with Crippen LogP contribution in [0, 0.1) is 0 Å². The number of benzene rings is 2. The average Bonchev–Trinajstić information content (AvgIpc) is 3.62.